The molecule has 1 heterocycles. The van der Waals surface area contributed by atoms with Crippen LogP contribution in [0.5, 0.6) is 0 Å². The molecule has 1 aliphatic heterocycles. The number of ether oxygens (including phenoxy) is 2. The lowest BCUT2D eigenvalue weighted by Crippen LogP contribution is -2.60. The summed E-state index contributed by atoms with van der Waals surface area (Å²) in [7, 11) is 0. The molecule has 63 heavy (non-hydrogen) atoms. The number of unbranched alkanes of at least 4 members (excludes halogenated alkanes) is 31. The van der Waals surface area contributed by atoms with Crippen molar-refractivity contribution in [2.45, 2.75) is 300 Å². The number of carbonyl (C=O) groups excluding carboxylic acids is 1. The minimum Gasteiger partial charge on any atom is -0.394 e. The number of allylic oxidation sites excluding steroid dienone is 2. The molecule has 9 unspecified atom stereocenters. The van der Waals surface area contributed by atoms with E-state index in [0.29, 0.717) is 12.8 Å². The van der Waals surface area contributed by atoms with Gasteiger partial charge in [0.15, 0.2) is 6.29 Å². The first-order valence-electron chi connectivity index (χ1n) is 26.6. The quantitative estimate of drug-likeness (QED) is 0.0216. The standard InChI is InChI=1S/C52H101NO10/c1-3-5-7-8-9-10-11-12-13-14-15-16-17-18-19-20-21-22-23-24-25-26-27-28-29-30-31-32-33-34-35-36-37-38-40-45(56)51(61)53-43(47(57)44(55)39-6-4-2)42-62-52-50(60)49(59)48(58)46(41-54)63-52/h20-21,43-50,52,54-60H,3-19,22-42H2,1-2H3,(H,53,61)/b21-20-. The van der Waals surface area contributed by atoms with Crippen LogP contribution in [0.3, 0.4) is 0 Å². The lowest BCUT2D eigenvalue weighted by Gasteiger charge is -2.40. The van der Waals surface area contributed by atoms with Crippen molar-refractivity contribution >= 4 is 5.91 Å². The molecule has 0 spiro atoms. The summed E-state index contributed by atoms with van der Waals surface area (Å²) < 4.78 is 10.9. The van der Waals surface area contributed by atoms with Gasteiger partial charge in [-0.2, -0.15) is 0 Å². The first-order valence-corrected chi connectivity index (χ1v) is 26.6. The van der Waals surface area contributed by atoms with Crippen LogP contribution in [-0.4, -0.2) is 110 Å². The topological polar surface area (TPSA) is 189 Å². The molecule has 0 aliphatic carbocycles. The van der Waals surface area contributed by atoms with Crippen molar-refractivity contribution in [1.29, 1.82) is 0 Å². The Balaban J connectivity index is 2.00. The smallest absolute Gasteiger partial charge is 0.249 e. The molecule has 11 heteroatoms. The summed E-state index contributed by atoms with van der Waals surface area (Å²) in [5, 5.41) is 74.5. The van der Waals surface area contributed by atoms with E-state index in [-0.39, 0.29) is 12.8 Å². The van der Waals surface area contributed by atoms with Crippen LogP contribution < -0.4 is 5.32 Å². The van der Waals surface area contributed by atoms with Gasteiger partial charge < -0.3 is 50.5 Å². The maximum atomic E-state index is 12.9. The van der Waals surface area contributed by atoms with Crippen LogP contribution >= 0.6 is 0 Å². The lowest BCUT2D eigenvalue weighted by molar-refractivity contribution is -0.303. The fraction of sp³-hybridized carbons (Fsp3) is 0.942. The summed E-state index contributed by atoms with van der Waals surface area (Å²) >= 11 is 0. The highest BCUT2D eigenvalue weighted by molar-refractivity contribution is 5.80. The molecule has 374 valence electrons. The average molecular weight is 900 g/mol. The zero-order valence-electron chi connectivity index (χ0n) is 40.6. The number of nitrogens with one attached hydrogen (secondary N) is 1. The van der Waals surface area contributed by atoms with Gasteiger partial charge in [0.2, 0.25) is 5.91 Å². The largest absolute Gasteiger partial charge is 0.394 e. The predicted octanol–water partition coefficient (Wildman–Crippen LogP) is 10.0. The van der Waals surface area contributed by atoms with Crippen molar-refractivity contribution < 1.29 is 50.0 Å². The molecule has 0 aromatic carbocycles. The van der Waals surface area contributed by atoms with E-state index in [9.17, 15) is 40.5 Å². The molecule has 0 radical (unpaired) electrons. The maximum Gasteiger partial charge on any atom is 0.249 e. The minimum absolute atomic E-state index is 0.261. The molecule has 0 saturated carbocycles. The van der Waals surface area contributed by atoms with Crippen LogP contribution in [0.15, 0.2) is 12.2 Å². The summed E-state index contributed by atoms with van der Waals surface area (Å²) in [6.07, 6.45) is 37.5. The zero-order valence-corrected chi connectivity index (χ0v) is 40.6. The van der Waals surface area contributed by atoms with E-state index in [1.807, 2.05) is 6.92 Å². The van der Waals surface area contributed by atoms with Crippen molar-refractivity contribution in [3.05, 3.63) is 12.2 Å². The van der Waals surface area contributed by atoms with Gasteiger partial charge in [-0.25, -0.2) is 0 Å². The van der Waals surface area contributed by atoms with Crippen LogP contribution in [0.1, 0.15) is 245 Å². The Morgan fingerprint density at radius 2 is 0.937 bits per heavy atom. The number of hydrogen-bond acceptors (Lipinski definition) is 10. The Morgan fingerprint density at radius 1 is 0.540 bits per heavy atom. The van der Waals surface area contributed by atoms with Gasteiger partial charge in [-0.1, -0.05) is 219 Å². The third-order valence-corrected chi connectivity index (χ3v) is 13.1. The van der Waals surface area contributed by atoms with E-state index in [4.69, 9.17) is 9.47 Å². The summed E-state index contributed by atoms with van der Waals surface area (Å²) in [5.41, 5.74) is 0. The van der Waals surface area contributed by atoms with Crippen LogP contribution in [0.25, 0.3) is 0 Å². The van der Waals surface area contributed by atoms with Gasteiger partial charge in [-0.05, 0) is 38.5 Å². The van der Waals surface area contributed by atoms with E-state index in [2.05, 4.69) is 24.4 Å². The third-order valence-electron chi connectivity index (χ3n) is 13.1. The second kappa shape index (κ2) is 42.2. The van der Waals surface area contributed by atoms with Crippen LogP contribution in [0, 0.1) is 0 Å². The molecule has 11 nitrogen and oxygen atoms in total. The summed E-state index contributed by atoms with van der Waals surface area (Å²) in [6, 6.07) is -1.16. The summed E-state index contributed by atoms with van der Waals surface area (Å²) in [4.78, 5) is 12.9. The van der Waals surface area contributed by atoms with E-state index in [1.165, 1.54) is 180 Å². The molecular formula is C52H101NO10. The van der Waals surface area contributed by atoms with Gasteiger partial charge in [0.1, 0.15) is 36.6 Å². The second-order valence-electron chi connectivity index (χ2n) is 19.0. The van der Waals surface area contributed by atoms with Crippen molar-refractivity contribution in [2.24, 2.45) is 0 Å². The SMILES string of the molecule is CCCCCCCCCCCCCCCC/C=C\CCCCCCCCCCCCCCCCCCC(O)C(=O)NC(COC1OC(CO)C(O)C(O)C1O)C(O)C(O)CCCC. The highest BCUT2D eigenvalue weighted by Crippen LogP contribution is 2.23. The molecule has 8 N–H and O–H groups in total. The average Bonchev–Trinajstić information content (AvgIpc) is 3.28. The second-order valence-corrected chi connectivity index (χ2v) is 19.0. The number of aliphatic hydroxyl groups excluding tert-OH is 7. The molecule has 0 bridgehead atoms. The van der Waals surface area contributed by atoms with Gasteiger partial charge in [0.05, 0.1) is 25.4 Å². The van der Waals surface area contributed by atoms with Crippen molar-refractivity contribution in [3.8, 4) is 0 Å². The van der Waals surface area contributed by atoms with Crippen LogP contribution in [-0.2, 0) is 14.3 Å². The van der Waals surface area contributed by atoms with Crippen LogP contribution in [0.2, 0.25) is 0 Å². The molecule has 1 aliphatic rings. The van der Waals surface area contributed by atoms with Gasteiger partial charge in [-0.15, -0.1) is 0 Å². The van der Waals surface area contributed by atoms with Crippen molar-refractivity contribution in [3.63, 3.8) is 0 Å². The zero-order chi connectivity index (χ0) is 46.2. The Labute approximate surface area is 385 Å². The van der Waals surface area contributed by atoms with E-state index < -0.39 is 74.2 Å². The van der Waals surface area contributed by atoms with Gasteiger partial charge in [0, 0.05) is 0 Å². The molecule has 1 amide bonds. The molecule has 1 fully saturated rings. The van der Waals surface area contributed by atoms with E-state index >= 15 is 0 Å². The molecule has 9 atom stereocenters. The van der Waals surface area contributed by atoms with Gasteiger partial charge >= 0.3 is 0 Å². The first kappa shape index (κ1) is 59.9. The molecular weight excluding hydrogens is 799 g/mol. The van der Waals surface area contributed by atoms with Crippen LogP contribution in [0.4, 0.5) is 0 Å². The number of rotatable bonds is 45. The number of carbonyl (C=O) groups is 1. The van der Waals surface area contributed by atoms with Crippen molar-refractivity contribution in [2.75, 3.05) is 13.2 Å². The highest BCUT2D eigenvalue weighted by atomic mass is 16.7. The van der Waals surface area contributed by atoms with Gasteiger partial charge in [0.25, 0.3) is 0 Å². The normalized spacial score (nSPS) is 21.2. The maximum absolute atomic E-state index is 12.9. The van der Waals surface area contributed by atoms with Gasteiger partial charge in [-0.3, -0.25) is 4.79 Å². The summed E-state index contributed by atoms with van der Waals surface area (Å²) in [6.45, 7) is 3.18. The number of amides is 1. The number of aliphatic hydroxyl groups is 7. The molecule has 1 saturated heterocycles. The molecule has 0 aromatic heterocycles. The monoisotopic (exact) mass is 900 g/mol. The Hall–Kier alpha value is -1.15. The number of hydrogen-bond donors (Lipinski definition) is 8. The fourth-order valence-electron chi connectivity index (χ4n) is 8.66. The highest BCUT2D eigenvalue weighted by Gasteiger charge is 2.44. The molecule has 1 rings (SSSR count). The predicted molar refractivity (Wildman–Crippen MR) is 256 cm³/mol. The fourth-order valence-corrected chi connectivity index (χ4v) is 8.66. The minimum atomic E-state index is -1.65. The Bertz CT molecular complexity index is 1030. The first-order chi connectivity index (χ1) is 30.7. The Kier molecular flexibility index (Phi) is 40.1. The Morgan fingerprint density at radius 3 is 1.35 bits per heavy atom. The van der Waals surface area contributed by atoms with Crippen molar-refractivity contribution in [1.82, 2.24) is 5.32 Å². The third kappa shape index (κ3) is 31.5. The van der Waals surface area contributed by atoms with E-state index in [1.54, 1.807) is 0 Å². The lowest BCUT2D eigenvalue weighted by atomic mass is 9.99. The van der Waals surface area contributed by atoms with E-state index in [0.717, 1.165) is 25.7 Å². The molecule has 0 aromatic rings. The summed E-state index contributed by atoms with van der Waals surface area (Å²) in [5.74, 6) is -0.706.